The predicted octanol–water partition coefficient (Wildman–Crippen LogP) is 1.57. The van der Waals surface area contributed by atoms with Gasteiger partial charge in [0.05, 0.1) is 5.92 Å². The Kier molecular flexibility index (Phi) is 3.18. The monoisotopic (exact) mass is 272 g/mol. The van der Waals surface area contributed by atoms with E-state index in [4.69, 9.17) is 5.11 Å². The molecule has 1 aromatic heterocycles. The van der Waals surface area contributed by atoms with Gasteiger partial charge < -0.3 is 14.6 Å². The molecule has 1 unspecified atom stereocenters. The molecule has 3 rings (SSSR count). The minimum Gasteiger partial charge on any atom is -0.481 e. The molecule has 1 saturated heterocycles. The fourth-order valence-corrected chi connectivity index (χ4v) is 2.71. The van der Waals surface area contributed by atoms with Crippen LogP contribution in [-0.4, -0.2) is 39.5 Å². The van der Waals surface area contributed by atoms with Gasteiger partial charge in [0, 0.05) is 24.8 Å². The third kappa shape index (κ3) is 2.27. The highest BCUT2D eigenvalue weighted by Gasteiger charge is 2.30. The van der Waals surface area contributed by atoms with E-state index >= 15 is 0 Å². The largest absolute Gasteiger partial charge is 0.481 e. The van der Waals surface area contributed by atoms with Crippen molar-refractivity contribution in [3.63, 3.8) is 0 Å². The molecular formula is C15H16N2O3. The van der Waals surface area contributed by atoms with E-state index in [2.05, 4.69) is 0 Å². The lowest BCUT2D eigenvalue weighted by atomic mass is 10.1. The molecule has 1 amide bonds. The summed E-state index contributed by atoms with van der Waals surface area (Å²) in [6.45, 7) is 1.13. The van der Waals surface area contributed by atoms with Crippen molar-refractivity contribution in [3.8, 4) is 0 Å². The van der Waals surface area contributed by atoms with Gasteiger partial charge in [-0.2, -0.15) is 0 Å². The molecule has 0 spiro atoms. The average Bonchev–Trinajstić information content (AvgIpc) is 3.06. The molecule has 5 nitrogen and oxygen atoms in total. The van der Waals surface area contributed by atoms with Gasteiger partial charge in [-0.1, -0.05) is 18.2 Å². The fraction of sp³-hybridized carbons (Fsp3) is 0.333. The number of carboxylic acids is 1. The molecule has 0 bridgehead atoms. The molecule has 1 aromatic carbocycles. The maximum Gasteiger partial charge on any atom is 0.308 e. The van der Waals surface area contributed by atoms with Crippen molar-refractivity contribution in [2.75, 3.05) is 13.1 Å². The van der Waals surface area contributed by atoms with Crippen LogP contribution in [0.25, 0.3) is 10.9 Å². The molecule has 1 fully saturated rings. The molecule has 0 aliphatic carbocycles. The Morgan fingerprint density at radius 1 is 1.25 bits per heavy atom. The lowest BCUT2D eigenvalue weighted by Crippen LogP contribution is -2.32. The van der Waals surface area contributed by atoms with Gasteiger partial charge in [-0.3, -0.25) is 9.59 Å². The summed E-state index contributed by atoms with van der Waals surface area (Å²) in [6, 6.07) is 9.87. The smallest absolute Gasteiger partial charge is 0.308 e. The van der Waals surface area contributed by atoms with Gasteiger partial charge in [-0.05, 0) is 23.9 Å². The van der Waals surface area contributed by atoms with Crippen LogP contribution < -0.4 is 0 Å². The average molecular weight is 272 g/mol. The van der Waals surface area contributed by atoms with E-state index in [0.29, 0.717) is 19.5 Å². The number of rotatable bonds is 3. The second-order valence-electron chi connectivity index (χ2n) is 5.17. The van der Waals surface area contributed by atoms with Crippen LogP contribution in [0.5, 0.6) is 0 Å². The summed E-state index contributed by atoms with van der Waals surface area (Å²) >= 11 is 0. The van der Waals surface area contributed by atoms with Crippen LogP contribution in [0, 0.1) is 5.92 Å². The maximum absolute atomic E-state index is 12.2. The highest BCUT2D eigenvalue weighted by molar-refractivity contribution is 5.83. The number of aromatic nitrogens is 1. The first-order valence-electron chi connectivity index (χ1n) is 6.69. The number of nitrogens with zero attached hydrogens (tertiary/aromatic N) is 2. The van der Waals surface area contributed by atoms with Crippen molar-refractivity contribution in [1.29, 1.82) is 0 Å². The number of hydrogen-bond donors (Lipinski definition) is 1. The number of fused-ring (bicyclic) bond motifs is 1. The van der Waals surface area contributed by atoms with Crippen LogP contribution in [0.4, 0.5) is 0 Å². The Hall–Kier alpha value is -2.30. The van der Waals surface area contributed by atoms with Crippen molar-refractivity contribution < 1.29 is 14.7 Å². The zero-order valence-electron chi connectivity index (χ0n) is 11.0. The molecule has 0 radical (unpaired) electrons. The fourth-order valence-electron chi connectivity index (χ4n) is 2.71. The number of likely N-dealkylation sites (tertiary alicyclic amines) is 1. The van der Waals surface area contributed by atoms with E-state index in [0.717, 1.165) is 10.9 Å². The Bertz CT molecular complexity index is 662. The number of aliphatic carboxylic acids is 1. The summed E-state index contributed by atoms with van der Waals surface area (Å²) in [7, 11) is 0. The third-order valence-electron chi connectivity index (χ3n) is 3.88. The van der Waals surface area contributed by atoms with Crippen molar-refractivity contribution in [1.82, 2.24) is 9.47 Å². The number of hydrogen-bond acceptors (Lipinski definition) is 2. The summed E-state index contributed by atoms with van der Waals surface area (Å²) < 4.78 is 1.91. The van der Waals surface area contributed by atoms with Gasteiger partial charge in [-0.15, -0.1) is 0 Å². The molecule has 2 aromatic rings. The number of carbonyl (C=O) groups is 2. The van der Waals surface area contributed by atoms with E-state index in [-0.39, 0.29) is 12.5 Å². The van der Waals surface area contributed by atoms with Gasteiger partial charge in [0.2, 0.25) is 5.91 Å². The van der Waals surface area contributed by atoms with Gasteiger partial charge in [0.1, 0.15) is 6.54 Å². The number of carbonyl (C=O) groups excluding carboxylic acids is 1. The van der Waals surface area contributed by atoms with Crippen LogP contribution in [-0.2, 0) is 16.1 Å². The molecule has 5 heteroatoms. The van der Waals surface area contributed by atoms with E-state index in [1.54, 1.807) is 4.90 Å². The molecule has 0 saturated carbocycles. The third-order valence-corrected chi connectivity index (χ3v) is 3.88. The van der Waals surface area contributed by atoms with Gasteiger partial charge in [0.15, 0.2) is 0 Å². The lowest BCUT2D eigenvalue weighted by Gasteiger charge is -2.16. The normalized spacial score (nSPS) is 18.6. The molecule has 1 atom stereocenters. The summed E-state index contributed by atoms with van der Waals surface area (Å²) in [4.78, 5) is 24.8. The summed E-state index contributed by atoms with van der Waals surface area (Å²) in [5.74, 6) is -1.25. The molecule has 1 aliphatic rings. The zero-order valence-corrected chi connectivity index (χ0v) is 11.0. The lowest BCUT2D eigenvalue weighted by molar-refractivity contribution is -0.141. The topological polar surface area (TPSA) is 62.5 Å². The summed E-state index contributed by atoms with van der Waals surface area (Å²) in [5, 5.41) is 10.1. The minimum atomic E-state index is -0.813. The second-order valence-corrected chi connectivity index (χ2v) is 5.17. The standard InChI is InChI=1S/C15H16N2O3/c18-14(17-8-6-12(9-17)15(19)20)10-16-7-5-11-3-1-2-4-13(11)16/h1-5,7,12H,6,8-10H2,(H,19,20). The zero-order chi connectivity index (χ0) is 14.1. The van der Waals surface area contributed by atoms with Crippen LogP contribution in [0.15, 0.2) is 36.5 Å². The number of carboxylic acid groups (broad SMARTS) is 1. The molecule has 1 aliphatic heterocycles. The molecule has 1 N–H and O–H groups in total. The Labute approximate surface area is 116 Å². The van der Waals surface area contributed by atoms with Crippen molar-refractivity contribution in [2.45, 2.75) is 13.0 Å². The first-order chi connectivity index (χ1) is 9.65. The number of amides is 1. The highest BCUT2D eigenvalue weighted by atomic mass is 16.4. The molecule has 20 heavy (non-hydrogen) atoms. The van der Waals surface area contributed by atoms with Crippen LogP contribution in [0.3, 0.4) is 0 Å². The quantitative estimate of drug-likeness (QED) is 0.922. The number of benzene rings is 1. The minimum absolute atomic E-state index is 0.0184. The van der Waals surface area contributed by atoms with Gasteiger partial charge in [0.25, 0.3) is 0 Å². The SMILES string of the molecule is O=C(O)C1CCN(C(=O)Cn2ccc3ccccc32)C1. The van der Waals surface area contributed by atoms with E-state index in [1.165, 1.54) is 0 Å². The Morgan fingerprint density at radius 3 is 2.80 bits per heavy atom. The van der Waals surface area contributed by atoms with Crippen molar-refractivity contribution in [2.24, 2.45) is 5.92 Å². The van der Waals surface area contributed by atoms with Crippen LogP contribution >= 0.6 is 0 Å². The number of para-hydroxylation sites is 1. The Morgan fingerprint density at radius 2 is 2.05 bits per heavy atom. The van der Waals surface area contributed by atoms with Gasteiger partial charge in [-0.25, -0.2) is 0 Å². The van der Waals surface area contributed by atoms with E-state index < -0.39 is 11.9 Å². The van der Waals surface area contributed by atoms with Crippen molar-refractivity contribution in [3.05, 3.63) is 36.5 Å². The van der Waals surface area contributed by atoms with Gasteiger partial charge >= 0.3 is 5.97 Å². The van der Waals surface area contributed by atoms with Crippen LogP contribution in [0.2, 0.25) is 0 Å². The highest BCUT2D eigenvalue weighted by Crippen LogP contribution is 2.19. The maximum atomic E-state index is 12.2. The van der Waals surface area contributed by atoms with E-state index in [1.807, 2.05) is 41.1 Å². The van der Waals surface area contributed by atoms with E-state index in [9.17, 15) is 9.59 Å². The van der Waals surface area contributed by atoms with Crippen LogP contribution in [0.1, 0.15) is 6.42 Å². The Balaban J connectivity index is 1.72. The molecular weight excluding hydrogens is 256 g/mol. The predicted molar refractivity (Wildman–Crippen MR) is 74.3 cm³/mol. The first kappa shape index (κ1) is 12.7. The first-order valence-corrected chi connectivity index (χ1v) is 6.69. The second kappa shape index (κ2) is 5.00. The molecule has 104 valence electrons. The molecule has 2 heterocycles. The summed E-state index contributed by atoms with van der Waals surface area (Å²) in [5.41, 5.74) is 1.02. The van der Waals surface area contributed by atoms with Crippen molar-refractivity contribution >= 4 is 22.8 Å². The summed E-state index contributed by atoms with van der Waals surface area (Å²) in [6.07, 6.45) is 2.45.